The Bertz CT molecular complexity index is 620. The van der Waals surface area contributed by atoms with Crippen LogP contribution in [0.2, 0.25) is 0 Å². The third kappa shape index (κ3) is 2.22. The number of H-pyrrole nitrogens is 1. The van der Waals surface area contributed by atoms with Crippen LogP contribution in [-0.2, 0) is 4.79 Å². The number of likely N-dealkylation sites (tertiary alicyclic amines) is 1. The molecule has 5 nitrogen and oxygen atoms in total. The van der Waals surface area contributed by atoms with Gasteiger partial charge in [-0.1, -0.05) is 36.9 Å². The van der Waals surface area contributed by atoms with E-state index in [4.69, 9.17) is 0 Å². The van der Waals surface area contributed by atoms with Crippen molar-refractivity contribution in [3.8, 4) is 11.4 Å². The minimum atomic E-state index is -0.0508. The molecule has 0 spiro atoms. The lowest BCUT2D eigenvalue weighted by Gasteiger charge is -2.20. The predicted molar refractivity (Wildman–Crippen MR) is 75.7 cm³/mol. The summed E-state index contributed by atoms with van der Waals surface area (Å²) >= 11 is 0. The first-order chi connectivity index (χ1) is 9.79. The molecule has 1 amide bonds. The second-order valence-corrected chi connectivity index (χ2v) is 4.80. The lowest BCUT2D eigenvalue weighted by molar-refractivity contribution is -0.127. The van der Waals surface area contributed by atoms with Gasteiger partial charge in [-0.2, -0.15) is 5.10 Å². The normalized spacial score (nSPS) is 18.2. The van der Waals surface area contributed by atoms with Crippen LogP contribution < -0.4 is 0 Å². The van der Waals surface area contributed by atoms with Gasteiger partial charge in [0.1, 0.15) is 5.82 Å². The summed E-state index contributed by atoms with van der Waals surface area (Å²) in [5.41, 5.74) is 0.967. The van der Waals surface area contributed by atoms with Crippen LogP contribution in [0.5, 0.6) is 0 Å². The van der Waals surface area contributed by atoms with Crippen molar-refractivity contribution in [2.75, 3.05) is 6.54 Å². The highest BCUT2D eigenvalue weighted by molar-refractivity contribution is 5.87. The lowest BCUT2D eigenvalue weighted by Crippen LogP contribution is -2.29. The molecule has 1 N–H and O–H groups in total. The molecule has 1 aliphatic heterocycles. The third-order valence-electron chi connectivity index (χ3n) is 3.56. The minimum absolute atomic E-state index is 0.0227. The predicted octanol–water partition coefficient (Wildman–Crippen LogP) is 2.32. The van der Waals surface area contributed by atoms with Crippen LogP contribution in [0.4, 0.5) is 0 Å². The summed E-state index contributed by atoms with van der Waals surface area (Å²) in [5, 5.41) is 7.22. The van der Waals surface area contributed by atoms with E-state index < -0.39 is 0 Å². The molecule has 1 saturated heterocycles. The molecule has 102 valence electrons. The number of aromatic nitrogens is 3. The molecule has 2 aromatic rings. The van der Waals surface area contributed by atoms with E-state index in [0.29, 0.717) is 5.82 Å². The zero-order valence-electron chi connectivity index (χ0n) is 11.1. The van der Waals surface area contributed by atoms with Gasteiger partial charge in [0.15, 0.2) is 5.82 Å². The Morgan fingerprint density at radius 2 is 2.20 bits per heavy atom. The fourth-order valence-electron chi connectivity index (χ4n) is 2.57. The van der Waals surface area contributed by atoms with Gasteiger partial charge in [-0.15, -0.1) is 0 Å². The Morgan fingerprint density at radius 3 is 2.95 bits per heavy atom. The number of aromatic amines is 1. The third-order valence-corrected chi connectivity index (χ3v) is 3.56. The quantitative estimate of drug-likeness (QED) is 0.869. The first kappa shape index (κ1) is 12.6. The average Bonchev–Trinajstić information content (AvgIpc) is 3.15. The maximum Gasteiger partial charge on any atom is 0.246 e. The Morgan fingerprint density at radius 1 is 1.40 bits per heavy atom. The summed E-state index contributed by atoms with van der Waals surface area (Å²) in [6, 6.07) is 9.77. The SMILES string of the molecule is C=CC(=O)N1CCC[C@H]1c1nc(-c2ccccc2)n[nH]1. The second-order valence-electron chi connectivity index (χ2n) is 4.80. The van der Waals surface area contributed by atoms with Crippen molar-refractivity contribution >= 4 is 5.91 Å². The summed E-state index contributed by atoms with van der Waals surface area (Å²) in [6.07, 6.45) is 3.24. The van der Waals surface area contributed by atoms with Crippen LogP contribution in [0, 0.1) is 0 Å². The Balaban J connectivity index is 1.87. The van der Waals surface area contributed by atoms with E-state index >= 15 is 0 Å². The van der Waals surface area contributed by atoms with Crippen molar-refractivity contribution in [1.82, 2.24) is 20.1 Å². The van der Waals surface area contributed by atoms with Crippen LogP contribution >= 0.6 is 0 Å². The first-order valence-corrected chi connectivity index (χ1v) is 6.70. The number of benzene rings is 1. The molecule has 1 aliphatic rings. The molecule has 0 bridgehead atoms. The highest BCUT2D eigenvalue weighted by atomic mass is 16.2. The molecule has 0 aliphatic carbocycles. The number of carbonyl (C=O) groups excluding carboxylic acids is 1. The zero-order chi connectivity index (χ0) is 13.9. The van der Waals surface area contributed by atoms with E-state index in [2.05, 4.69) is 21.8 Å². The topological polar surface area (TPSA) is 61.9 Å². The number of carbonyl (C=O) groups is 1. The molecule has 3 rings (SSSR count). The van der Waals surface area contributed by atoms with Crippen LogP contribution in [0.25, 0.3) is 11.4 Å². The molecule has 1 aromatic carbocycles. The van der Waals surface area contributed by atoms with Crippen molar-refractivity contribution < 1.29 is 4.79 Å². The van der Waals surface area contributed by atoms with Gasteiger partial charge in [0, 0.05) is 12.1 Å². The molecule has 0 saturated carbocycles. The van der Waals surface area contributed by atoms with Crippen molar-refractivity contribution in [2.24, 2.45) is 0 Å². The Labute approximate surface area is 117 Å². The van der Waals surface area contributed by atoms with Gasteiger partial charge >= 0.3 is 0 Å². The summed E-state index contributed by atoms with van der Waals surface area (Å²) in [6.45, 7) is 4.30. The smallest absolute Gasteiger partial charge is 0.246 e. The van der Waals surface area contributed by atoms with Gasteiger partial charge in [-0.25, -0.2) is 4.98 Å². The molecule has 1 atom stereocenters. The molecular formula is C15H16N4O. The Kier molecular flexibility index (Phi) is 3.33. The molecule has 2 heterocycles. The van der Waals surface area contributed by atoms with Gasteiger partial charge < -0.3 is 4.90 Å². The lowest BCUT2D eigenvalue weighted by atomic mass is 10.2. The number of nitrogens with zero attached hydrogens (tertiary/aromatic N) is 3. The van der Waals surface area contributed by atoms with Gasteiger partial charge in [-0.05, 0) is 18.9 Å². The van der Waals surface area contributed by atoms with E-state index in [1.54, 1.807) is 4.90 Å². The van der Waals surface area contributed by atoms with E-state index in [-0.39, 0.29) is 11.9 Å². The van der Waals surface area contributed by atoms with E-state index in [9.17, 15) is 4.79 Å². The molecule has 1 fully saturated rings. The standard InChI is InChI=1S/C15H16N4O/c1-2-13(20)19-10-6-9-12(19)15-16-14(17-18-15)11-7-4-3-5-8-11/h2-5,7-8,12H,1,6,9-10H2,(H,16,17,18)/t12-/m0/s1. The highest BCUT2D eigenvalue weighted by Gasteiger charge is 2.31. The summed E-state index contributed by atoms with van der Waals surface area (Å²) < 4.78 is 0. The maximum atomic E-state index is 11.8. The van der Waals surface area contributed by atoms with E-state index in [0.717, 1.165) is 30.8 Å². The van der Waals surface area contributed by atoms with Gasteiger partial charge in [-0.3, -0.25) is 9.89 Å². The van der Waals surface area contributed by atoms with Crippen molar-refractivity contribution in [1.29, 1.82) is 0 Å². The number of hydrogen-bond donors (Lipinski definition) is 1. The zero-order valence-corrected chi connectivity index (χ0v) is 11.1. The average molecular weight is 268 g/mol. The highest BCUT2D eigenvalue weighted by Crippen LogP contribution is 2.30. The minimum Gasteiger partial charge on any atom is -0.329 e. The summed E-state index contributed by atoms with van der Waals surface area (Å²) in [7, 11) is 0. The molecule has 0 unspecified atom stereocenters. The van der Waals surface area contributed by atoms with Crippen LogP contribution in [0.3, 0.4) is 0 Å². The van der Waals surface area contributed by atoms with Crippen molar-refractivity contribution in [3.63, 3.8) is 0 Å². The fraction of sp³-hybridized carbons (Fsp3) is 0.267. The van der Waals surface area contributed by atoms with E-state index in [1.165, 1.54) is 6.08 Å². The van der Waals surface area contributed by atoms with Gasteiger partial charge in [0.05, 0.1) is 6.04 Å². The number of amides is 1. The second kappa shape index (κ2) is 5.28. The number of rotatable bonds is 3. The Hall–Kier alpha value is -2.43. The van der Waals surface area contributed by atoms with Crippen LogP contribution in [-0.4, -0.2) is 32.5 Å². The molecule has 20 heavy (non-hydrogen) atoms. The molecule has 0 radical (unpaired) electrons. The number of nitrogens with one attached hydrogen (secondary N) is 1. The van der Waals surface area contributed by atoms with Crippen LogP contribution in [0.1, 0.15) is 24.7 Å². The number of hydrogen-bond acceptors (Lipinski definition) is 3. The van der Waals surface area contributed by atoms with Gasteiger partial charge in [0.25, 0.3) is 0 Å². The van der Waals surface area contributed by atoms with Crippen LogP contribution in [0.15, 0.2) is 43.0 Å². The first-order valence-electron chi connectivity index (χ1n) is 6.70. The molecule has 1 aromatic heterocycles. The fourth-order valence-corrected chi connectivity index (χ4v) is 2.57. The molecule has 5 heteroatoms. The largest absolute Gasteiger partial charge is 0.329 e. The van der Waals surface area contributed by atoms with Gasteiger partial charge in [0.2, 0.25) is 5.91 Å². The van der Waals surface area contributed by atoms with Crippen molar-refractivity contribution in [2.45, 2.75) is 18.9 Å². The van der Waals surface area contributed by atoms with E-state index in [1.807, 2.05) is 30.3 Å². The van der Waals surface area contributed by atoms with Crippen molar-refractivity contribution in [3.05, 3.63) is 48.8 Å². The summed E-state index contributed by atoms with van der Waals surface area (Å²) in [5.74, 6) is 1.36. The molecular weight excluding hydrogens is 252 g/mol. The summed E-state index contributed by atoms with van der Waals surface area (Å²) in [4.78, 5) is 18.1. The monoisotopic (exact) mass is 268 g/mol. The maximum absolute atomic E-state index is 11.8.